The van der Waals surface area contributed by atoms with Crippen molar-refractivity contribution in [3.8, 4) is 11.4 Å². The predicted molar refractivity (Wildman–Crippen MR) is 104 cm³/mol. The van der Waals surface area contributed by atoms with Gasteiger partial charge >= 0.3 is 0 Å². The molecule has 1 unspecified atom stereocenters. The molecule has 7 heteroatoms. The molecule has 4 rings (SSSR count). The molecule has 0 bridgehead atoms. The quantitative estimate of drug-likeness (QED) is 0.726. The van der Waals surface area contributed by atoms with Gasteiger partial charge in [-0.3, -0.25) is 4.68 Å². The normalized spacial score (nSPS) is 16.7. The van der Waals surface area contributed by atoms with Crippen molar-refractivity contribution < 1.29 is 0 Å². The second-order valence-corrected chi connectivity index (χ2v) is 7.48. The summed E-state index contributed by atoms with van der Waals surface area (Å²) >= 11 is 7.72. The third-order valence-electron chi connectivity index (χ3n) is 4.75. The SMILES string of the molecule is C=Cc1c(NC)c2n(c1-c1ccn(C)n1)CCCC2c1nc(Cl)cs1. The van der Waals surface area contributed by atoms with E-state index >= 15 is 0 Å². The smallest absolute Gasteiger partial charge is 0.140 e. The van der Waals surface area contributed by atoms with Crippen molar-refractivity contribution in [2.45, 2.75) is 25.3 Å². The molecule has 5 nitrogen and oxygen atoms in total. The zero-order valence-electron chi connectivity index (χ0n) is 14.3. The van der Waals surface area contributed by atoms with E-state index in [2.05, 4.69) is 32.6 Å². The van der Waals surface area contributed by atoms with Gasteiger partial charge in [0.15, 0.2) is 0 Å². The maximum atomic E-state index is 6.09. The van der Waals surface area contributed by atoms with Crippen LogP contribution in [-0.4, -0.2) is 26.4 Å². The van der Waals surface area contributed by atoms with Crippen LogP contribution in [0.15, 0.2) is 24.2 Å². The van der Waals surface area contributed by atoms with Gasteiger partial charge in [0.05, 0.1) is 23.0 Å². The lowest BCUT2D eigenvalue weighted by Gasteiger charge is -2.25. The molecule has 1 atom stereocenters. The van der Waals surface area contributed by atoms with Gasteiger partial charge in [0.25, 0.3) is 0 Å². The van der Waals surface area contributed by atoms with Crippen LogP contribution in [0.1, 0.15) is 35.0 Å². The van der Waals surface area contributed by atoms with E-state index in [4.69, 9.17) is 11.6 Å². The first-order valence-electron chi connectivity index (χ1n) is 8.31. The van der Waals surface area contributed by atoms with E-state index in [1.54, 1.807) is 11.3 Å². The van der Waals surface area contributed by atoms with Crippen molar-refractivity contribution in [2.75, 3.05) is 12.4 Å². The summed E-state index contributed by atoms with van der Waals surface area (Å²) in [5.41, 5.74) is 5.58. The summed E-state index contributed by atoms with van der Waals surface area (Å²) < 4.78 is 4.22. The van der Waals surface area contributed by atoms with Crippen molar-refractivity contribution in [1.82, 2.24) is 19.3 Å². The number of nitrogens with one attached hydrogen (secondary N) is 1. The first-order valence-corrected chi connectivity index (χ1v) is 9.57. The number of hydrogen-bond donors (Lipinski definition) is 1. The van der Waals surface area contributed by atoms with E-state index in [1.165, 1.54) is 5.69 Å². The highest BCUT2D eigenvalue weighted by Crippen LogP contribution is 2.46. The Labute approximate surface area is 156 Å². The highest BCUT2D eigenvalue weighted by Gasteiger charge is 2.32. The van der Waals surface area contributed by atoms with Crippen LogP contribution in [0.4, 0.5) is 5.69 Å². The summed E-state index contributed by atoms with van der Waals surface area (Å²) in [6.07, 6.45) is 6.07. The van der Waals surface area contributed by atoms with Gasteiger partial charge in [-0.1, -0.05) is 24.3 Å². The Morgan fingerprint density at radius 3 is 2.92 bits per heavy atom. The van der Waals surface area contributed by atoms with Gasteiger partial charge in [-0.2, -0.15) is 5.10 Å². The molecule has 1 aliphatic rings. The lowest BCUT2D eigenvalue weighted by atomic mass is 9.95. The molecule has 0 aromatic carbocycles. The summed E-state index contributed by atoms with van der Waals surface area (Å²) in [6.45, 7) is 5.03. The van der Waals surface area contributed by atoms with Crippen LogP contribution < -0.4 is 5.32 Å². The average Bonchev–Trinajstić information content (AvgIpc) is 3.30. The molecule has 130 valence electrons. The first kappa shape index (κ1) is 16.4. The predicted octanol–water partition coefficient (Wildman–Crippen LogP) is 4.61. The summed E-state index contributed by atoms with van der Waals surface area (Å²) in [4.78, 5) is 4.55. The van der Waals surface area contributed by atoms with Crippen molar-refractivity contribution >= 4 is 34.7 Å². The highest BCUT2D eigenvalue weighted by molar-refractivity contribution is 7.10. The molecule has 0 saturated heterocycles. The third kappa shape index (κ3) is 2.60. The number of anilines is 1. The van der Waals surface area contributed by atoms with Crippen molar-refractivity contribution in [3.63, 3.8) is 0 Å². The van der Waals surface area contributed by atoms with Crippen molar-refractivity contribution in [3.05, 3.63) is 45.6 Å². The van der Waals surface area contributed by atoms with Gasteiger partial charge in [-0.15, -0.1) is 11.3 Å². The number of hydrogen-bond acceptors (Lipinski definition) is 4. The molecule has 25 heavy (non-hydrogen) atoms. The molecule has 4 heterocycles. The molecule has 0 amide bonds. The molecule has 0 fully saturated rings. The van der Waals surface area contributed by atoms with E-state index in [0.29, 0.717) is 5.15 Å². The lowest BCUT2D eigenvalue weighted by Crippen LogP contribution is -2.18. The second kappa shape index (κ2) is 6.35. The van der Waals surface area contributed by atoms with E-state index in [0.717, 1.165) is 47.0 Å². The van der Waals surface area contributed by atoms with Gasteiger partial charge < -0.3 is 9.88 Å². The third-order valence-corrected chi connectivity index (χ3v) is 6.03. The minimum atomic E-state index is 0.241. The summed E-state index contributed by atoms with van der Waals surface area (Å²) in [5, 5.41) is 11.6. The molecule has 3 aromatic heterocycles. The Morgan fingerprint density at radius 2 is 2.32 bits per heavy atom. The molecular formula is C18H20ClN5S. The molecule has 0 radical (unpaired) electrons. The molecule has 1 N–H and O–H groups in total. The number of aryl methyl sites for hydroxylation is 1. The fourth-order valence-corrected chi connectivity index (χ4v) is 4.88. The number of fused-ring (bicyclic) bond motifs is 1. The minimum Gasteiger partial charge on any atom is -0.386 e. The number of aromatic nitrogens is 4. The number of thiazole rings is 1. The summed E-state index contributed by atoms with van der Waals surface area (Å²) in [5.74, 6) is 0.241. The van der Waals surface area contributed by atoms with E-state index in [-0.39, 0.29) is 5.92 Å². The van der Waals surface area contributed by atoms with E-state index in [1.807, 2.05) is 36.4 Å². The zero-order chi connectivity index (χ0) is 17.6. The monoisotopic (exact) mass is 373 g/mol. The van der Waals surface area contributed by atoms with Crippen LogP contribution in [-0.2, 0) is 13.6 Å². The lowest BCUT2D eigenvalue weighted by molar-refractivity contribution is 0.494. The van der Waals surface area contributed by atoms with Crippen LogP contribution in [0.5, 0.6) is 0 Å². The zero-order valence-corrected chi connectivity index (χ0v) is 15.9. The van der Waals surface area contributed by atoms with Crippen LogP contribution in [0.2, 0.25) is 5.15 Å². The Morgan fingerprint density at radius 1 is 1.48 bits per heavy atom. The van der Waals surface area contributed by atoms with Crippen LogP contribution >= 0.6 is 22.9 Å². The van der Waals surface area contributed by atoms with Gasteiger partial charge in [0.2, 0.25) is 0 Å². The average molecular weight is 374 g/mol. The highest BCUT2D eigenvalue weighted by atomic mass is 35.5. The Kier molecular flexibility index (Phi) is 4.17. The van der Waals surface area contributed by atoms with Crippen LogP contribution in [0.25, 0.3) is 17.5 Å². The fraction of sp³-hybridized carbons (Fsp3) is 0.333. The van der Waals surface area contributed by atoms with Crippen molar-refractivity contribution in [1.29, 1.82) is 0 Å². The van der Waals surface area contributed by atoms with Crippen molar-refractivity contribution in [2.24, 2.45) is 7.05 Å². The van der Waals surface area contributed by atoms with Gasteiger partial charge in [0.1, 0.15) is 15.9 Å². The Bertz CT molecular complexity index is 936. The Hall–Kier alpha value is -2.05. The molecule has 0 spiro atoms. The number of nitrogens with zero attached hydrogens (tertiary/aromatic N) is 4. The standard InChI is InChI=1S/C18H20ClN5S/c1-4-11-15(20-2)17-12(18-21-14(19)10-25-18)6-5-8-24(17)16(11)13-7-9-23(3)22-13/h4,7,9-10,12,20H,1,5-6,8H2,2-3H3. The van der Waals surface area contributed by atoms with Crippen LogP contribution in [0, 0.1) is 0 Å². The summed E-state index contributed by atoms with van der Waals surface area (Å²) in [6, 6.07) is 2.05. The first-order chi connectivity index (χ1) is 12.1. The maximum Gasteiger partial charge on any atom is 0.140 e. The molecular weight excluding hydrogens is 354 g/mol. The maximum absolute atomic E-state index is 6.09. The molecule has 0 saturated carbocycles. The second-order valence-electron chi connectivity index (χ2n) is 6.21. The van der Waals surface area contributed by atoms with Gasteiger partial charge in [-0.05, 0) is 18.9 Å². The van der Waals surface area contributed by atoms with Gasteiger partial charge in [0, 0.05) is 37.8 Å². The number of halogens is 1. The molecule has 1 aliphatic heterocycles. The summed E-state index contributed by atoms with van der Waals surface area (Å²) in [7, 11) is 3.91. The largest absolute Gasteiger partial charge is 0.386 e. The fourth-order valence-electron chi connectivity index (χ4n) is 3.79. The Balaban J connectivity index is 1.97. The topological polar surface area (TPSA) is 47.7 Å². The van der Waals surface area contributed by atoms with E-state index in [9.17, 15) is 0 Å². The minimum absolute atomic E-state index is 0.241. The number of rotatable bonds is 4. The molecule has 0 aliphatic carbocycles. The van der Waals surface area contributed by atoms with E-state index < -0.39 is 0 Å². The van der Waals surface area contributed by atoms with Gasteiger partial charge in [-0.25, -0.2) is 4.98 Å². The molecule has 3 aromatic rings. The van der Waals surface area contributed by atoms with Crippen LogP contribution in [0.3, 0.4) is 0 Å².